The fourth-order valence-corrected chi connectivity index (χ4v) is 2.33. The lowest BCUT2D eigenvalue weighted by Crippen LogP contribution is -2.04. The van der Waals surface area contributed by atoms with Crippen LogP contribution in [0.4, 0.5) is 0 Å². The maximum Gasteiger partial charge on any atom is 0.200 e. The second-order valence-corrected chi connectivity index (χ2v) is 4.21. The molecule has 82 valence electrons. The summed E-state index contributed by atoms with van der Waals surface area (Å²) in [6.45, 7) is 0. The fraction of sp³-hybridized carbons (Fsp3) is 0.500. The summed E-state index contributed by atoms with van der Waals surface area (Å²) in [5.74, 6) is -0.475. The lowest BCUT2D eigenvalue weighted by atomic mass is 9.83. The van der Waals surface area contributed by atoms with Crippen LogP contribution in [0.2, 0.25) is 0 Å². The minimum atomic E-state index is -0.391. The Balaban J connectivity index is 2.31. The van der Waals surface area contributed by atoms with Crippen molar-refractivity contribution < 1.29 is 15.3 Å². The Labute approximate surface area is 89.0 Å². The number of benzene rings is 1. The topological polar surface area (TPSA) is 60.7 Å². The molecule has 1 saturated carbocycles. The van der Waals surface area contributed by atoms with Gasteiger partial charge < -0.3 is 15.3 Å². The average Bonchev–Trinajstić information content (AvgIpc) is 2.27. The zero-order valence-corrected chi connectivity index (χ0v) is 8.61. The van der Waals surface area contributed by atoms with Crippen molar-refractivity contribution in [3.63, 3.8) is 0 Å². The Bertz CT molecular complexity index is 354. The van der Waals surface area contributed by atoms with Crippen LogP contribution in [0.1, 0.15) is 43.6 Å². The monoisotopic (exact) mass is 208 g/mol. The molecule has 2 rings (SSSR count). The first-order chi connectivity index (χ1) is 7.20. The molecule has 1 aliphatic rings. The molecule has 1 aliphatic carbocycles. The first kappa shape index (κ1) is 10.1. The van der Waals surface area contributed by atoms with Crippen molar-refractivity contribution in [2.45, 2.75) is 38.0 Å². The van der Waals surface area contributed by atoms with E-state index >= 15 is 0 Å². The smallest absolute Gasteiger partial charge is 0.200 e. The molecule has 0 aromatic heterocycles. The summed E-state index contributed by atoms with van der Waals surface area (Å²) in [7, 11) is 0. The molecular weight excluding hydrogens is 192 g/mol. The largest absolute Gasteiger partial charge is 0.504 e. The van der Waals surface area contributed by atoms with Crippen LogP contribution < -0.4 is 0 Å². The van der Waals surface area contributed by atoms with Crippen molar-refractivity contribution in [1.82, 2.24) is 0 Å². The third-order valence-corrected chi connectivity index (χ3v) is 3.21. The molecular formula is C12H16O3. The van der Waals surface area contributed by atoms with Gasteiger partial charge in [0.25, 0.3) is 0 Å². The highest BCUT2D eigenvalue weighted by Crippen LogP contribution is 2.44. The molecule has 1 fully saturated rings. The molecule has 0 radical (unpaired) electrons. The van der Waals surface area contributed by atoms with Crippen molar-refractivity contribution >= 4 is 0 Å². The zero-order valence-electron chi connectivity index (χ0n) is 8.61. The first-order valence-electron chi connectivity index (χ1n) is 5.44. The molecule has 0 bridgehead atoms. The molecule has 15 heavy (non-hydrogen) atoms. The molecule has 1 aromatic rings. The van der Waals surface area contributed by atoms with Crippen LogP contribution in [0.25, 0.3) is 0 Å². The van der Waals surface area contributed by atoms with E-state index in [1.807, 2.05) is 0 Å². The van der Waals surface area contributed by atoms with Crippen LogP contribution in [0.3, 0.4) is 0 Å². The highest BCUT2D eigenvalue weighted by Gasteiger charge is 2.21. The summed E-state index contributed by atoms with van der Waals surface area (Å²) >= 11 is 0. The number of hydrogen-bond donors (Lipinski definition) is 3. The number of phenolic OH excluding ortho intramolecular Hbond substituents is 3. The number of phenols is 3. The summed E-state index contributed by atoms with van der Waals surface area (Å²) in [6, 6.07) is 3.15. The van der Waals surface area contributed by atoms with Gasteiger partial charge in [0.2, 0.25) is 5.75 Å². The SMILES string of the molecule is Oc1ccc(C2CCCCC2)c(O)c1O. The van der Waals surface area contributed by atoms with Gasteiger partial charge in [0.15, 0.2) is 11.5 Å². The second-order valence-electron chi connectivity index (χ2n) is 4.21. The molecule has 0 unspecified atom stereocenters. The Morgan fingerprint density at radius 1 is 0.867 bits per heavy atom. The molecule has 0 amide bonds. The van der Waals surface area contributed by atoms with Crippen molar-refractivity contribution in [3.8, 4) is 17.2 Å². The maximum absolute atomic E-state index is 9.72. The van der Waals surface area contributed by atoms with Crippen LogP contribution in [0.15, 0.2) is 12.1 Å². The molecule has 3 nitrogen and oxygen atoms in total. The molecule has 1 aromatic carbocycles. The molecule has 0 atom stereocenters. The van der Waals surface area contributed by atoms with Crippen LogP contribution >= 0.6 is 0 Å². The average molecular weight is 208 g/mol. The Hall–Kier alpha value is -1.38. The van der Waals surface area contributed by atoms with E-state index in [0.717, 1.165) is 18.4 Å². The molecule has 0 heterocycles. The normalized spacial score (nSPS) is 17.9. The lowest BCUT2D eigenvalue weighted by Gasteiger charge is -2.23. The van der Waals surface area contributed by atoms with Crippen molar-refractivity contribution in [1.29, 1.82) is 0 Å². The minimum Gasteiger partial charge on any atom is -0.504 e. The van der Waals surface area contributed by atoms with Gasteiger partial charge >= 0.3 is 0 Å². The van der Waals surface area contributed by atoms with Crippen LogP contribution in [-0.2, 0) is 0 Å². The van der Waals surface area contributed by atoms with Gasteiger partial charge in [-0.05, 0) is 24.8 Å². The van der Waals surface area contributed by atoms with Crippen LogP contribution in [0.5, 0.6) is 17.2 Å². The second kappa shape index (κ2) is 4.01. The molecule has 0 spiro atoms. The number of hydrogen-bond acceptors (Lipinski definition) is 3. The van der Waals surface area contributed by atoms with Crippen LogP contribution in [-0.4, -0.2) is 15.3 Å². The third kappa shape index (κ3) is 1.87. The number of rotatable bonds is 1. The molecule has 0 aliphatic heterocycles. The standard InChI is InChI=1S/C12H16O3/c13-10-7-6-9(11(14)12(10)15)8-4-2-1-3-5-8/h6-8,13-15H,1-5H2. The zero-order chi connectivity index (χ0) is 10.8. The van der Waals surface area contributed by atoms with E-state index in [1.54, 1.807) is 6.07 Å². The summed E-state index contributed by atoms with van der Waals surface area (Å²) in [4.78, 5) is 0. The van der Waals surface area contributed by atoms with Gasteiger partial charge in [0.05, 0.1) is 0 Å². The van der Waals surface area contributed by atoms with E-state index < -0.39 is 5.75 Å². The van der Waals surface area contributed by atoms with Gasteiger partial charge in [0, 0.05) is 5.56 Å². The molecule has 0 saturated heterocycles. The molecule has 3 N–H and O–H groups in total. The highest BCUT2D eigenvalue weighted by atomic mass is 16.3. The van der Waals surface area contributed by atoms with E-state index in [-0.39, 0.29) is 11.5 Å². The van der Waals surface area contributed by atoms with E-state index in [4.69, 9.17) is 0 Å². The van der Waals surface area contributed by atoms with E-state index in [2.05, 4.69) is 0 Å². The first-order valence-corrected chi connectivity index (χ1v) is 5.44. The lowest BCUT2D eigenvalue weighted by molar-refractivity contribution is 0.356. The van der Waals surface area contributed by atoms with E-state index in [1.165, 1.54) is 25.3 Å². The summed E-state index contributed by atoms with van der Waals surface area (Å²) in [5.41, 5.74) is 0.769. The van der Waals surface area contributed by atoms with E-state index in [9.17, 15) is 15.3 Å². The van der Waals surface area contributed by atoms with E-state index in [0.29, 0.717) is 5.92 Å². The summed E-state index contributed by atoms with van der Waals surface area (Å²) in [5, 5.41) is 28.4. The van der Waals surface area contributed by atoms with Gasteiger partial charge in [-0.15, -0.1) is 0 Å². The van der Waals surface area contributed by atoms with Crippen molar-refractivity contribution in [2.24, 2.45) is 0 Å². The van der Waals surface area contributed by atoms with Gasteiger partial charge in [-0.1, -0.05) is 25.3 Å². The Morgan fingerprint density at radius 2 is 1.53 bits per heavy atom. The molecule has 3 heteroatoms. The van der Waals surface area contributed by atoms with Gasteiger partial charge in [0.1, 0.15) is 0 Å². The van der Waals surface area contributed by atoms with Gasteiger partial charge in [-0.25, -0.2) is 0 Å². The number of aromatic hydroxyl groups is 3. The maximum atomic E-state index is 9.72. The van der Waals surface area contributed by atoms with Crippen LogP contribution in [0, 0.1) is 0 Å². The Morgan fingerprint density at radius 3 is 2.20 bits per heavy atom. The quantitative estimate of drug-likeness (QED) is 0.622. The predicted molar refractivity (Wildman–Crippen MR) is 57.3 cm³/mol. The third-order valence-electron chi connectivity index (χ3n) is 3.21. The van der Waals surface area contributed by atoms with Gasteiger partial charge in [-0.3, -0.25) is 0 Å². The minimum absolute atomic E-state index is 0.151. The Kier molecular flexibility index (Phi) is 2.71. The predicted octanol–water partition coefficient (Wildman–Crippen LogP) is 2.85. The fourth-order valence-electron chi connectivity index (χ4n) is 2.33. The van der Waals surface area contributed by atoms with Crippen molar-refractivity contribution in [2.75, 3.05) is 0 Å². The van der Waals surface area contributed by atoms with Gasteiger partial charge in [-0.2, -0.15) is 0 Å². The highest BCUT2D eigenvalue weighted by molar-refractivity contribution is 5.54. The summed E-state index contributed by atoms with van der Waals surface area (Å²) < 4.78 is 0. The van der Waals surface area contributed by atoms with Crippen molar-refractivity contribution in [3.05, 3.63) is 17.7 Å². The summed E-state index contributed by atoms with van der Waals surface area (Å²) in [6.07, 6.45) is 5.70.